The van der Waals surface area contributed by atoms with E-state index in [1.165, 1.54) is 12.8 Å². The molecule has 0 radical (unpaired) electrons. The van der Waals surface area contributed by atoms with Gasteiger partial charge in [-0.25, -0.2) is 0 Å². The van der Waals surface area contributed by atoms with E-state index in [1.54, 1.807) is 13.3 Å². The summed E-state index contributed by atoms with van der Waals surface area (Å²) in [7, 11) is 1.66. The molecule has 5 nitrogen and oxygen atoms in total. The number of aromatic nitrogens is 1. The number of piperidine rings is 1. The first-order chi connectivity index (χ1) is 12.2. The molecule has 2 aromatic rings. The average molecular weight is 336 g/mol. The molecule has 0 aliphatic carbocycles. The molecule has 1 aromatic carbocycles. The Hall–Kier alpha value is -2.16. The molecule has 2 aliphatic rings. The van der Waals surface area contributed by atoms with Gasteiger partial charge in [0, 0.05) is 36.3 Å². The first-order valence-electron chi connectivity index (χ1n) is 9.06. The molecule has 0 spiro atoms. The Morgan fingerprint density at radius 2 is 2.08 bits per heavy atom. The van der Waals surface area contributed by atoms with Crippen LogP contribution in [0.4, 0.5) is 0 Å². The van der Waals surface area contributed by atoms with Crippen molar-refractivity contribution in [3.8, 4) is 11.8 Å². The summed E-state index contributed by atoms with van der Waals surface area (Å²) in [5.74, 6) is 0.801. The van der Waals surface area contributed by atoms with Crippen molar-refractivity contribution >= 4 is 10.9 Å². The summed E-state index contributed by atoms with van der Waals surface area (Å²) in [6.07, 6.45) is 7.28. The minimum atomic E-state index is 0.356. The summed E-state index contributed by atoms with van der Waals surface area (Å²) >= 11 is 0. The van der Waals surface area contributed by atoms with Crippen molar-refractivity contribution in [1.29, 1.82) is 5.26 Å². The van der Waals surface area contributed by atoms with Gasteiger partial charge in [0.1, 0.15) is 11.8 Å². The standard InChI is InChI=1S/C20H24N4O/c1-25-17-4-5-20-19(10-17)18(13(11-21)12-23-20)6-7-24-15-2-3-16(24)9-14(22)8-15/h4-5,10,12,14-16H,2-3,6-9,22H2,1H3. The van der Waals surface area contributed by atoms with E-state index in [-0.39, 0.29) is 0 Å². The molecule has 2 atom stereocenters. The third-order valence-electron chi connectivity index (χ3n) is 5.85. The van der Waals surface area contributed by atoms with Crippen LogP contribution in [0.3, 0.4) is 0 Å². The predicted molar refractivity (Wildman–Crippen MR) is 97.4 cm³/mol. The van der Waals surface area contributed by atoms with Gasteiger partial charge >= 0.3 is 0 Å². The molecular formula is C20H24N4O. The molecular weight excluding hydrogens is 312 g/mol. The van der Waals surface area contributed by atoms with Gasteiger partial charge in [-0.1, -0.05) is 0 Å². The highest BCUT2D eigenvalue weighted by Crippen LogP contribution is 2.35. The number of methoxy groups -OCH3 is 1. The highest BCUT2D eigenvalue weighted by molar-refractivity contribution is 5.85. The minimum Gasteiger partial charge on any atom is -0.497 e. The van der Waals surface area contributed by atoms with Gasteiger partial charge in [0.25, 0.3) is 0 Å². The lowest BCUT2D eigenvalue weighted by Crippen LogP contribution is -2.48. The number of nitrogens with two attached hydrogens (primary N) is 1. The molecule has 25 heavy (non-hydrogen) atoms. The summed E-state index contributed by atoms with van der Waals surface area (Å²) in [6.45, 7) is 0.979. The lowest BCUT2D eigenvalue weighted by molar-refractivity contribution is 0.129. The van der Waals surface area contributed by atoms with E-state index in [9.17, 15) is 5.26 Å². The largest absolute Gasteiger partial charge is 0.497 e. The number of fused-ring (bicyclic) bond motifs is 3. The summed E-state index contributed by atoms with van der Waals surface area (Å²) in [5, 5.41) is 10.6. The third-order valence-corrected chi connectivity index (χ3v) is 5.85. The van der Waals surface area contributed by atoms with E-state index in [4.69, 9.17) is 10.5 Å². The zero-order valence-corrected chi connectivity index (χ0v) is 14.6. The van der Waals surface area contributed by atoms with Gasteiger partial charge in [-0.2, -0.15) is 5.26 Å². The van der Waals surface area contributed by atoms with Crippen molar-refractivity contribution < 1.29 is 4.74 Å². The van der Waals surface area contributed by atoms with Crippen LogP contribution in [-0.2, 0) is 6.42 Å². The molecule has 2 N–H and O–H groups in total. The topological polar surface area (TPSA) is 75.2 Å². The smallest absolute Gasteiger partial charge is 0.119 e. The van der Waals surface area contributed by atoms with E-state index in [2.05, 4.69) is 16.0 Å². The van der Waals surface area contributed by atoms with Crippen molar-refractivity contribution in [3.05, 3.63) is 35.5 Å². The van der Waals surface area contributed by atoms with Gasteiger partial charge in [0.2, 0.25) is 0 Å². The second-order valence-electron chi connectivity index (χ2n) is 7.25. The molecule has 2 saturated heterocycles. The van der Waals surface area contributed by atoms with Crippen molar-refractivity contribution in [2.45, 2.75) is 50.2 Å². The fraction of sp³-hybridized carbons (Fsp3) is 0.500. The lowest BCUT2D eigenvalue weighted by Gasteiger charge is -2.37. The first-order valence-corrected chi connectivity index (χ1v) is 9.06. The summed E-state index contributed by atoms with van der Waals surface area (Å²) in [6, 6.07) is 9.77. The summed E-state index contributed by atoms with van der Waals surface area (Å²) in [4.78, 5) is 7.05. The second-order valence-corrected chi connectivity index (χ2v) is 7.25. The van der Waals surface area contributed by atoms with E-state index < -0.39 is 0 Å². The van der Waals surface area contributed by atoms with Crippen LogP contribution < -0.4 is 10.5 Å². The number of benzene rings is 1. The van der Waals surface area contributed by atoms with E-state index in [0.29, 0.717) is 23.7 Å². The maximum Gasteiger partial charge on any atom is 0.119 e. The molecule has 3 heterocycles. The Morgan fingerprint density at radius 1 is 1.32 bits per heavy atom. The maximum absolute atomic E-state index is 9.54. The Morgan fingerprint density at radius 3 is 2.76 bits per heavy atom. The van der Waals surface area contributed by atoms with Gasteiger partial charge in [0.15, 0.2) is 0 Å². The van der Waals surface area contributed by atoms with Crippen molar-refractivity contribution in [1.82, 2.24) is 9.88 Å². The first kappa shape index (κ1) is 16.3. The van der Waals surface area contributed by atoms with Crippen molar-refractivity contribution in [2.24, 2.45) is 5.73 Å². The third kappa shape index (κ3) is 2.97. The number of pyridine rings is 1. The van der Waals surface area contributed by atoms with E-state index in [1.807, 2.05) is 18.2 Å². The van der Waals surface area contributed by atoms with Crippen LogP contribution in [0.1, 0.15) is 36.8 Å². The molecule has 2 fully saturated rings. The summed E-state index contributed by atoms with van der Waals surface area (Å²) < 4.78 is 5.37. The molecule has 4 rings (SSSR count). The fourth-order valence-electron chi connectivity index (χ4n) is 4.64. The van der Waals surface area contributed by atoms with Crippen LogP contribution >= 0.6 is 0 Å². The fourth-order valence-corrected chi connectivity index (χ4v) is 4.64. The quantitative estimate of drug-likeness (QED) is 0.929. The molecule has 0 amide bonds. The van der Waals surface area contributed by atoms with Crippen LogP contribution in [0.2, 0.25) is 0 Å². The Labute approximate surface area is 148 Å². The Bertz CT molecular complexity index is 814. The maximum atomic E-state index is 9.54. The van der Waals surface area contributed by atoms with Crippen LogP contribution in [0.15, 0.2) is 24.4 Å². The van der Waals surface area contributed by atoms with Gasteiger partial charge < -0.3 is 10.5 Å². The number of nitriles is 1. The normalized spacial score (nSPS) is 25.9. The molecule has 0 saturated carbocycles. The van der Waals surface area contributed by atoms with Gasteiger partial charge in [0.05, 0.1) is 18.2 Å². The van der Waals surface area contributed by atoms with Crippen LogP contribution in [0.5, 0.6) is 5.75 Å². The van der Waals surface area contributed by atoms with Crippen molar-refractivity contribution in [2.75, 3.05) is 13.7 Å². The van der Waals surface area contributed by atoms with Crippen LogP contribution in [0.25, 0.3) is 10.9 Å². The monoisotopic (exact) mass is 336 g/mol. The molecule has 130 valence electrons. The zero-order valence-electron chi connectivity index (χ0n) is 14.6. The van der Waals surface area contributed by atoms with E-state index >= 15 is 0 Å². The van der Waals surface area contributed by atoms with Crippen molar-refractivity contribution in [3.63, 3.8) is 0 Å². The van der Waals surface area contributed by atoms with Crippen LogP contribution in [0, 0.1) is 11.3 Å². The second kappa shape index (κ2) is 6.62. The molecule has 5 heteroatoms. The Balaban J connectivity index is 1.63. The lowest BCUT2D eigenvalue weighted by atomic mass is 9.96. The number of rotatable bonds is 4. The number of nitrogens with zero attached hydrogens (tertiary/aromatic N) is 3. The predicted octanol–water partition coefficient (Wildman–Crippen LogP) is 2.61. The molecule has 2 aliphatic heterocycles. The SMILES string of the molecule is COc1ccc2ncc(C#N)c(CCN3C4CCC3CC(N)C4)c2c1. The van der Waals surface area contributed by atoms with Gasteiger partial charge in [-0.05, 0) is 55.9 Å². The number of ether oxygens (including phenoxy) is 1. The highest BCUT2D eigenvalue weighted by atomic mass is 16.5. The van der Waals surface area contributed by atoms with Gasteiger partial charge in [-0.3, -0.25) is 9.88 Å². The average Bonchev–Trinajstić information content (AvgIpc) is 2.88. The molecule has 2 bridgehead atoms. The van der Waals surface area contributed by atoms with E-state index in [0.717, 1.165) is 48.0 Å². The molecule has 1 aromatic heterocycles. The Kier molecular flexibility index (Phi) is 4.32. The highest BCUT2D eigenvalue weighted by Gasteiger charge is 2.39. The molecule has 2 unspecified atom stereocenters. The minimum absolute atomic E-state index is 0.356. The number of hydrogen-bond donors (Lipinski definition) is 1. The van der Waals surface area contributed by atoms with Crippen LogP contribution in [-0.4, -0.2) is 41.7 Å². The van der Waals surface area contributed by atoms with Gasteiger partial charge in [-0.15, -0.1) is 0 Å². The zero-order chi connectivity index (χ0) is 17.4. The number of hydrogen-bond acceptors (Lipinski definition) is 5. The summed E-state index contributed by atoms with van der Waals surface area (Å²) in [5.41, 5.74) is 8.85.